The zero-order valence-corrected chi connectivity index (χ0v) is 7.46. The Morgan fingerprint density at radius 1 is 1.36 bits per heavy atom. The molecule has 0 spiro atoms. The maximum atomic E-state index is 8.19. The van der Waals surface area contributed by atoms with Gasteiger partial charge < -0.3 is 0 Å². The summed E-state index contributed by atoms with van der Waals surface area (Å²) in [5.41, 5.74) is 10.1. The first kappa shape index (κ1) is 8.53. The van der Waals surface area contributed by atoms with Crippen molar-refractivity contribution in [1.82, 2.24) is 4.98 Å². The van der Waals surface area contributed by atoms with Gasteiger partial charge in [0.1, 0.15) is 0 Å². The summed E-state index contributed by atoms with van der Waals surface area (Å²) in [5.74, 6) is 0. The molecular weight excluding hydrogens is 176 g/mol. The molecule has 68 valence electrons. The van der Waals surface area contributed by atoms with E-state index >= 15 is 0 Å². The Kier molecular flexibility index (Phi) is 2.30. The van der Waals surface area contributed by atoms with Crippen LogP contribution in [0.25, 0.3) is 21.3 Å². The summed E-state index contributed by atoms with van der Waals surface area (Å²) >= 11 is 0. The Labute approximate surface area is 80.8 Å². The smallest absolute Gasteiger partial charge is 0.0702 e. The van der Waals surface area contributed by atoms with E-state index in [1.165, 1.54) is 0 Å². The van der Waals surface area contributed by atoms with Crippen molar-refractivity contribution in [3.8, 4) is 0 Å². The summed E-state index contributed by atoms with van der Waals surface area (Å²) in [4.78, 5) is 6.92. The van der Waals surface area contributed by atoms with Crippen LogP contribution in [-0.2, 0) is 6.54 Å². The van der Waals surface area contributed by atoms with Crippen LogP contribution in [0.1, 0.15) is 5.56 Å². The highest BCUT2D eigenvalue weighted by Gasteiger charge is 1.94. The van der Waals surface area contributed by atoms with E-state index in [0.29, 0.717) is 6.54 Å². The van der Waals surface area contributed by atoms with Crippen LogP contribution in [0.4, 0.5) is 0 Å². The van der Waals surface area contributed by atoms with Crippen LogP contribution in [0, 0.1) is 0 Å². The highest BCUT2D eigenvalue weighted by atomic mass is 15.1. The third-order valence-electron chi connectivity index (χ3n) is 1.98. The molecule has 4 nitrogen and oxygen atoms in total. The number of nitrogens with zero attached hydrogens (tertiary/aromatic N) is 4. The average molecular weight is 184 g/mol. The zero-order valence-electron chi connectivity index (χ0n) is 7.46. The summed E-state index contributed by atoms with van der Waals surface area (Å²) < 4.78 is 0. The molecule has 1 aromatic heterocycles. The molecule has 0 bridgehead atoms. The molecule has 0 radical (unpaired) electrons. The van der Waals surface area contributed by atoms with Crippen molar-refractivity contribution < 1.29 is 0 Å². The van der Waals surface area contributed by atoms with Gasteiger partial charge in [0.2, 0.25) is 0 Å². The second-order valence-corrected chi connectivity index (χ2v) is 2.92. The lowest BCUT2D eigenvalue weighted by Gasteiger charge is -1.98. The fraction of sp³-hybridized carbons (Fsp3) is 0.100. The van der Waals surface area contributed by atoms with Crippen LogP contribution >= 0.6 is 0 Å². The van der Waals surface area contributed by atoms with Gasteiger partial charge in [0, 0.05) is 16.5 Å². The van der Waals surface area contributed by atoms with Crippen LogP contribution in [-0.4, -0.2) is 4.98 Å². The number of aromatic nitrogens is 1. The molecule has 2 aromatic rings. The monoisotopic (exact) mass is 184 g/mol. The van der Waals surface area contributed by atoms with Crippen LogP contribution in [0.3, 0.4) is 0 Å². The highest BCUT2D eigenvalue weighted by molar-refractivity contribution is 5.78. The molecule has 0 aliphatic rings. The van der Waals surface area contributed by atoms with E-state index in [0.717, 1.165) is 16.5 Å². The molecule has 1 aromatic carbocycles. The van der Waals surface area contributed by atoms with E-state index in [2.05, 4.69) is 15.0 Å². The molecule has 2 rings (SSSR count). The van der Waals surface area contributed by atoms with Gasteiger partial charge in [-0.3, -0.25) is 4.98 Å². The molecule has 0 unspecified atom stereocenters. The number of benzene rings is 1. The Hall–Kier alpha value is -2.06. The number of hydrogen-bond acceptors (Lipinski definition) is 2. The van der Waals surface area contributed by atoms with E-state index in [1.807, 2.05) is 30.3 Å². The minimum absolute atomic E-state index is 0.390. The van der Waals surface area contributed by atoms with Gasteiger partial charge in [-0.2, -0.15) is 0 Å². The SMILES string of the molecule is [N-]=[N+]=NCc1ccc2ncccc2c1. The Morgan fingerprint density at radius 3 is 3.14 bits per heavy atom. The molecule has 0 fully saturated rings. The second-order valence-electron chi connectivity index (χ2n) is 2.92. The summed E-state index contributed by atoms with van der Waals surface area (Å²) in [6.07, 6.45) is 1.76. The van der Waals surface area contributed by atoms with Crippen molar-refractivity contribution in [1.29, 1.82) is 0 Å². The predicted molar refractivity (Wildman–Crippen MR) is 54.6 cm³/mol. The van der Waals surface area contributed by atoms with Crippen LogP contribution in [0.5, 0.6) is 0 Å². The number of pyridine rings is 1. The number of hydrogen-bond donors (Lipinski definition) is 0. The van der Waals surface area contributed by atoms with Crippen molar-refractivity contribution >= 4 is 10.9 Å². The Balaban J connectivity index is 2.45. The first-order valence-corrected chi connectivity index (χ1v) is 4.24. The molecular formula is C10H8N4. The molecule has 14 heavy (non-hydrogen) atoms. The van der Waals surface area contributed by atoms with Gasteiger partial charge in [-0.15, -0.1) is 0 Å². The third kappa shape index (κ3) is 1.65. The van der Waals surface area contributed by atoms with Gasteiger partial charge in [0.15, 0.2) is 0 Å². The molecule has 0 aliphatic heterocycles. The highest BCUT2D eigenvalue weighted by Crippen LogP contribution is 2.13. The van der Waals surface area contributed by atoms with Crippen LogP contribution < -0.4 is 0 Å². The van der Waals surface area contributed by atoms with Crippen LogP contribution in [0.15, 0.2) is 41.6 Å². The lowest BCUT2D eigenvalue weighted by Crippen LogP contribution is -1.82. The van der Waals surface area contributed by atoms with Crippen molar-refractivity contribution in [2.24, 2.45) is 5.11 Å². The van der Waals surface area contributed by atoms with Crippen molar-refractivity contribution in [3.05, 3.63) is 52.5 Å². The lowest BCUT2D eigenvalue weighted by molar-refractivity contribution is 1.05. The second kappa shape index (κ2) is 3.77. The van der Waals surface area contributed by atoms with Gasteiger partial charge in [-0.1, -0.05) is 17.2 Å². The van der Waals surface area contributed by atoms with Crippen molar-refractivity contribution in [3.63, 3.8) is 0 Å². The van der Waals surface area contributed by atoms with Gasteiger partial charge in [-0.05, 0) is 29.3 Å². The Bertz CT molecular complexity index is 500. The quantitative estimate of drug-likeness (QED) is 0.402. The molecule has 0 amide bonds. The first-order chi connectivity index (χ1) is 6.90. The first-order valence-electron chi connectivity index (χ1n) is 4.24. The summed E-state index contributed by atoms with van der Waals surface area (Å²) in [6.45, 7) is 0.390. The Morgan fingerprint density at radius 2 is 2.29 bits per heavy atom. The molecule has 0 saturated carbocycles. The largest absolute Gasteiger partial charge is 0.256 e. The van der Waals surface area contributed by atoms with Gasteiger partial charge in [-0.25, -0.2) is 0 Å². The maximum absolute atomic E-state index is 8.19. The summed E-state index contributed by atoms with van der Waals surface area (Å²) in [5, 5.41) is 4.58. The minimum Gasteiger partial charge on any atom is -0.256 e. The third-order valence-corrected chi connectivity index (χ3v) is 1.98. The fourth-order valence-corrected chi connectivity index (χ4v) is 1.34. The van der Waals surface area contributed by atoms with Crippen molar-refractivity contribution in [2.75, 3.05) is 0 Å². The summed E-state index contributed by atoms with van der Waals surface area (Å²) in [7, 11) is 0. The topological polar surface area (TPSA) is 61.7 Å². The molecule has 0 N–H and O–H groups in total. The normalized spacial score (nSPS) is 9.71. The fourth-order valence-electron chi connectivity index (χ4n) is 1.34. The average Bonchev–Trinajstić information content (AvgIpc) is 2.26. The zero-order chi connectivity index (χ0) is 9.80. The van der Waals surface area contributed by atoms with E-state index < -0.39 is 0 Å². The van der Waals surface area contributed by atoms with E-state index in [4.69, 9.17) is 5.53 Å². The molecule has 4 heteroatoms. The number of azide groups is 1. The number of fused-ring (bicyclic) bond motifs is 1. The molecule has 0 saturated heterocycles. The number of rotatable bonds is 2. The standard InChI is InChI=1S/C10H8N4/c11-14-13-7-8-3-4-10-9(6-8)2-1-5-12-10/h1-6H,7H2. The summed E-state index contributed by atoms with van der Waals surface area (Å²) in [6, 6.07) is 9.71. The lowest BCUT2D eigenvalue weighted by atomic mass is 10.1. The minimum atomic E-state index is 0.390. The maximum Gasteiger partial charge on any atom is 0.0702 e. The van der Waals surface area contributed by atoms with E-state index in [-0.39, 0.29) is 0 Å². The van der Waals surface area contributed by atoms with Crippen LogP contribution in [0.2, 0.25) is 0 Å². The van der Waals surface area contributed by atoms with Gasteiger partial charge in [0.25, 0.3) is 0 Å². The molecule has 0 atom stereocenters. The van der Waals surface area contributed by atoms with Gasteiger partial charge >= 0.3 is 0 Å². The molecule has 0 aliphatic carbocycles. The van der Waals surface area contributed by atoms with E-state index in [9.17, 15) is 0 Å². The van der Waals surface area contributed by atoms with Crippen molar-refractivity contribution in [2.45, 2.75) is 6.54 Å². The molecule has 1 heterocycles. The van der Waals surface area contributed by atoms with Gasteiger partial charge in [0.05, 0.1) is 12.1 Å². The van der Waals surface area contributed by atoms with E-state index in [1.54, 1.807) is 6.20 Å². The predicted octanol–water partition coefficient (Wildman–Crippen LogP) is 3.05.